The molecule has 2 rings (SSSR count). The van der Waals surface area contributed by atoms with E-state index in [0.717, 1.165) is 12.6 Å². The zero-order valence-electron chi connectivity index (χ0n) is 11.1. The molecule has 1 fully saturated rings. The first-order valence-corrected chi connectivity index (χ1v) is 7.06. The first-order valence-electron chi connectivity index (χ1n) is 6.24. The highest BCUT2D eigenvalue weighted by atomic mass is 35.5. The molecule has 0 bridgehead atoms. The Kier molecular flexibility index (Phi) is 6.35. The number of hydrogen-bond donors (Lipinski definition) is 1. The molecule has 104 valence electrons. The summed E-state index contributed by atoms with van der Waals surface area (Å²) in [5, 5.41) is 0.681. The van der Waals surface area contributed by atoms with Crippen LogP contribution in [-0.2, 0) is 6.54 Å². The second-order valence-electron chi connectivity index (χ2n) is 4.99. The topological polar surface area (TPSA) is 45.4 Å². The van der Waals surface area contributed by atoms with Crippen LogP contribution in [0.25, 0.3) is 0 Å². The van der Waals surface area contributed by atoms with Crippen LogP contribution in [0.5, 0.6) is 0 Å². The van der Waals surface area contributed by atoms with Gasteiger partial charge in [-0.05, 0) is 39.9 Å². The Morgan fingerprint density at radius 1 is 1.44 bits per heavy atom. The molecular formula is C12H23ClN4S. The second kappa shape index (κ2) is 7.28. The first-order chi connectivity index (χ1) is 8.15. The maximum absolute atomic E-state index is 5.66. The quantitative estimate of drug-likeness (QED) is 0.926. The molecule has 2 N–H and O–H groups in total. The van der Waals surface area contributed by atoms with Crippen molar-refractivity contribution in [2.75, 3.05) is 32.9 Å². The van der Waals surface area contributed by atoms with E-state index in [9.17, 15) is 0 Å². The lowest BCUT2D eigenvalue weighted by molar-refractivity contribution is 0.246. The Hall–Kier alpha value is -0.360. The van der Waals surface area contributed by atoms with Gasteiger partial charge in [0, 0.05) is 30.2 Å². The molecule has 4 nitrogen and oxygen atoms in total. The third kappa shape index (κ3) is 4.39. The van der Waals surface area contributed by atoms with Crippen LogP contribution in [-0.4, -0.2) is 48.0 Å². The Morgan fingerprint density at radius 3 is 2.83 bits per heavy atom. The van der Waals surface area contributed by atoms with Gasteiger partial charge in [-0.25, -0.2) is 4.98 Å². The summed E-state index contributed by atoms with van der Waals surface area (Å²) in [4.78, 5) is 10.3. The zero-order valence-corrected chi connectivity index (χ0v) is 12.8. The van der Waals surface area contributed by atoms with Gasteiger partial charge in [-0.2, -0.15) is 0 Å². The molecule has 1 saturated heterocycles. The molecule has 2 heterocycles. The van der Waals surface area contributed by atoms with E-state index in [2.05, 4.69) is 28.9 Å². The van der Waals surface area contributed by atoms with Crippen LogP contribution in [0.1, 0.15) is 24.1 Å². The van der Waals surface area contributed by atoms with Crippen molar-refractivity contribution in [1.82, 2.24) is 14.8 Å². The highest BCUT2D eigenvalue weighted by Gasteiger charge is 2.18. The average molecular weight is 291 g/mol. The minimum Gasteiger partial charge on any atom is -0.375 e. The van der Waals surface area contributed by atoms with Crippen molar-refractivity contribution in [1.29, 1.82) is 0 Å². The zero-order chi connectivity index (χ0) is 12.3. The number of nitrogens with two attached hydrogens (primary N) is 1. The van der Waals surface area contributed by atoms with Crippen molar-refractivity contribution < 1.29 is 0 Å². The number of halogens is 1. The van der Waals surface area contributed by atoms with Gasteiger partial charge in [-0.1, -0.05) is 0 Å². The average Bonchev–Trinajstić information content (AvgIpc) is 2.54. The fraction of sp³-hybridized carbons (Fsp3) is 0.750. The predicted molar refractivity (Wildman–Crippen MR) is 80.4 cm³/mol. The predicted octanol–water partition coefficient (Wildman–Crippen LogP) is 2.06. The van der Waals surface area contributed by atoms with E-state index in [1.807, 2.05) is 6.20 Å². The Morgan fingerprint density at radius 2 is 2.22 bits per heavy atom. The molecule has 18 heavy (non-hydrogen) atoms. The fourth-order valence-electron chi connectivity index (χ4n) is 2.43. The summed E-state index contributed by atoms with van der Waals surface area (Å²) in [6.45, 7) is 3.39. The lowest BCUT2D eigenvalue weighted by Gasteiger charge is -2.23. The summed E-state index contributed by atoms with van der Waals surface area (Å²) >= 11 is 1.61. The van der Waals surface area contributed by atoms with Crippen molar-refractivity contribution in [3.63, 3.8) is 0 Å². The normalized spacial score (nSPS) is 21.6. The van der Waals surface area contributed by atoms with Crippen LogP contribution < -0.4 is 5.73 Å². The van der Waals surface area contributed by atoms with E-state index in [4.69, 9.17) is 5.73 Å². The molecule has 1 unspecified atom stereocenters. The van der Waals surface area contributed by atoms with E-state index in [1.54, 1.807) is 11.3 Å². The second-order valence-corrected chi connectivity index (χ2v) is 6.14. The number of likely N-dealkylation sites (tertiary alicyclic amines) is 1. The van der Waals surface area contributed by atoms with Crippen molar-refractivity contribution in [2.24, 2.45) is 0 Å². The summed E-state index contributed by atoms with van der Waals surface area (Å²) < 4.78 is 0. The highest BCUT2D eigenvalue weighted by Crippen LogP contribution is 2.20. The van der Waals surface area contributed by atoms with Crippen molar-refractivity contribution in [2.45, 2.75) is 31.8 Å². The number of aromatic nitrogens is 1. The molecule has 1 aromatic heterocycles. The van der Waals surface area contributed by atoms with Crippen LogP contribution in [0, 0.1) is 0 Å². The van der Waals surface area contributed by atoms with Crippen LogP contribution >= 0.6 is 23.7 Å². The summed E-state index contributed by atoms with van der Waals surface area (Å²) in [7, 11) is 4.37. The number of nitrogen functional groups attached to an aromatic ring is 1. The van der Waals surface area contributed by atoms with E-state index in [0.29, 0.717) is 5.13 Å². The van der Waals surface area contributed by atoms with Crippen LogP contribution in [0.4, 0.5) is 5.13 Å². The smallest absolute Gasteiger partial charge is 0.180 e. The molecule has 1 atom stereocenters. The highest BCUT2D eigenvalue weighted by molar-refractivity contribution is 7.15. The van der Waals surface area contributed by atoms with Gasteiger partial charge < -0.3 is 10.6 Å². The van der Waals surface area contributed by atoms with Gasteiger partial charge in [-0.3, -0.25) is 4.90 Å². The summed E-state index contributed by atoms with van der Waals surface area (Å²) in [6, 6.07) is 0.742. The first kappa shape index (κ1) is 15.7. The molecule has 1 aliphatic rings. The van der Waals surface area contributed by atoms with Gasteiger partial charge in [0.15, 0.2) is 5.13 Å². The Labute approximate surface area is 120 Å². The lowest BCUT2D eigenvalue weighted by Crippen LogP contribution is -2.29. The molecule has 6 heteroatoms. The van der Waals surface area contributed by atoms with Crippen LogP contribution in [0.15, 0.2) is 6.20 Å². The molecule has 0 radical (unpaired) electrons. The number of nitrogens with zero attached hydrogens (tertiary/aromatic N) is 3. The molecule has 1 aliphatic heterocycles. The van der Waals surface area contributed by atoms with E-state index >= 15 is 0 Å². The van der Waals surface area contributed by atoms with E-state index in [1.165, 1.54) is 37.2 Å². The van der Waals surface area contributed by atoms with Gasteiger partial charge in [0.25, 0.3) is 0 Å². The molecule has 0 saturated carbocycles. The van der Waals surface area contributed by atoms with E-state index in [-0.39, 0.29) is 12.4 Å². The number of anilines is 1. The van der Waals surface area contributed by atoms with Crippen molar-refractivity contribution >= 4 is 28.9 Å². The molecule has 0 spiro atoms. The molecule has 0 aromatic carbocycles. The number of rotatable bonds is 3. The van der Waals surface area contributed by atoms with Crippen LogP contribution in [0.2, 0.25) is 0 Å². The van der Waals surface area contributed by atoms with Crippen LogP contribution in [0.3, 0.4) is 0 Å². The van der Waals surface area contributed by atoms with Gasteiger partial charge in [0.05, 0.1) is 0 Å². The van der Waals surface area contributed by atoms with Gasteiger partial charge in [0.2, 0.25) is 0 Å². The number of hydrogen-bond acceptors (Lipinski definition) is 5. The summed E-state index contributed by atoms with van der Waals surface area (Å²) in [5.74, 6) is 0. The third-order valence-corrected chi connectivity index (χ3v) is 4.28. The maximum Gasteiger partial charge on any atom is 0.180 e. The standard InChI is InChI=1S/C12H22N4S.ClH/c1-15(2)10-4-3-6-16(7-5-10)9-11-8-14-12(13)17-11;/h8,10H,3-7,9H2,1-2H3,(H2,13,14);1H. The van der Waals surface area contributed by atoms with Gasteiger partial charge in [-0.15, -0.1) is 23.7 Å². The van der Waals surface area contributed by atoms with Gasteiger partial charge >= 0.3 is 0 Å². The largest absolute Gasteiger partial charge is 0.375 e. The fourth-order valence-corrected chi connectivity index (χ4v) is 3.16. The summed E-state index contributed by atoms with van der Waals surface area (Å²) in [5.41, 5.74) is 5.66. The molecule has 0 aliphatic carbocycles. The molecular weight excluding hydrogens is 268 g/mol. The number of thiazole rings is 1. The van der Waals surface area contributed by atoms with Gasteiger partial charge in [0.1, 0.15) is 0 Å². The summed E-state index contributed by atoms with van der Waals surface area (Å²) in [6.07, 6.45) is 5.78. The lowest BCUT2D eigenvalue weighted by atomic mass is 10.1. The minimum absolute atomic E-state index is 0. The van der Waals surface area contributed by atoms with E-state index < -0.39 is 0 Å². The molecule has 1 aromatic rings. The Balaban J connectivity index is 0.00000162. The maximum atomic E-state index is 5.66. The van der Waals surface area contributed by atoms with Crippen molar-refractivity contribution in [3.05, 3.63) is 11.1 Å². The SMILES string of the molecule is CN(C)C1CCCN(Cc2cnc(N)s2)CC1.Cl. The minimum atomic E-state index is 0. The van der Waals surface area contributed by atoms with Crippen molar-refractivity contribution in [3.8, 4) is 0 Å². The molecule has 0 amide bonds. The third-order valence-electron chi connectivity index (χ3n) is 3.47. The Bertz CT molecular complexity index is 356. The monoisotopic (exact) mass is 290 g/mol.